The van der Waals surface area contributed by atoms with E-state index in [1.165, 1.54) is 5.56 Å². The van der Waals surface area contributed by atoms with Gasteiger partial charge in [-0.3, -0.25) is 0 Å². The first kappa shape index (κ1) is 11.8. The highest BCUT2D eigenvalue weighted by Crippen LogP contribution is 2.12. The maximum absolute atomic E-state index is 5.51. The Bertz CT molecular complexity index is 397. The van der Waals surface area contributed by atoms with Crippen LogP contribution in [0.2, 0.25) is 0 Å². The second kappa shape index (κ2) is 5.59. The van der Waals surface area contributed by atoms with Crippen LogP contribution in [0.3, 0.4) is 0 Å². The molecule has 1 heterocycles. The van der Waals surface area contributed by atoms with Crippen LogP contribution in [0, 0.1) is 0 Å². The van der Waals surface area contributed by atoms with Crippen molar-refractivity contribution in [2.75, 3.05) is 0 Å². The van der Waals surface area contributed by atoms with E-state index in [0.717, 1.165) is 17.9 Å². The van der Waals surface area contributed by atoms with Crippen LogP contribution in [0.25, 0.3) is 0 Å². The second-order valence-corrected chi connectivity index (χ2v) is 3.23. The number of rotatable bonds is 3. The van der Waals surface area contributed by atoms with Crippen molar-refractivity contribution in [1.29, 1.82) is 0 Å². The van der Waals surface area contributed by atoms with Gasteiger partial charge in [-0.2, -0.15) is 0 Å². The number of hydrogen-bond acceptors (Lipinski definition) is 2. The van der Waals surface area contributed by atoms with Crippen molar-refractivity contribution in [2.45, 2.75) is 13.0 Å². The summed E-state index contributed by atoms with van der Waals surface area (Å²) < 4.78 is 5.51. The minimum Gasteiger partial charge on any atom is -0.464 e. The summed E-state index contributed by atoms with van der Waals surface area (Å²) in [6.45, 7) is 0.467. The smallest absolute Gasteiger partial charge is 0.117 e. The maximum atomic E-state index is 5.51. The summed E-state index contributed by atoms with van der Waals surface area (Å²) >= 11 is 0. The largest absolute Gasteiger partial charge is 0.464 e. The van der Waals surface area contributed by atoms with Crippen LogP contribution in [0.15, 0.2) is 46.9 Å². The second-order valence-electron chi connectivity index (χ2n) is 3.23. The highest BCUT2D eigenvalue weighted by Gasteiger charge is 2.00. The highest BCUT2D eigenvalue weighted by atomic mass is 35.5. The molecular formula is C12H14ClNO. The van der Waals surface area contributed by atoms with Gasteiger partial charge in [0.05, 0.1) is 6.54 Å². The van der Waals surface area contributed by atoms with E-state index in [-0.39, 0.29) is 12.4 Å². The number of hydrogen-bond donors (Lipinski definition) is 1. The molecule has 15 heavy (non-hydrogen) atoms. The molecule has 0 aliphatic rings. The average Bonchev–Trinajstić information content (AvgIpc) is 2.67. The zero-order valence-corrected chi connectivity index (χ0v) is 9.17. The van der Waals surface area contributed by atoms with E-state index in [4.69, 9.17) is 10.2 Å². The van der Waals surface area contributed by atoms with E-state index in [1.807, 2.05) is 30.3 Å². The fraction of sp³-hybridized carbons (Fsp3) is 0.167. The van der Waals surface area contributed by atoms with Gasteiger partial charge in [-0.1, -0.05) is 30.3 Å². The minimum absolute atomic E-state index is 0. The van der Waals surface area contributed by atoms with Crippen LogP contribution >= 0.6 is 12.4 Å². The molecule has 80 valence electrons. The van der Waals surface area contributed by atoms with Crippen molar-refractivity contribution < 1.29 is 4.42 Å². The first-order chi connectivity index (χ1) is 6.88. The third-order valence-electron chi connectivity index (χ3n) is 2.14. The van der Waals surface area contributed by atoms with E-state index in [0.29, 0.717) is 6.54 Å². The number of halogens is 1. The van der Waals surface area contributed by atoms with Crippen molar-refractivity contribution in [2.24, 2.45) is 5.73 Å². The molecular weight excluding hydrogens is 210 g/mol. The number of benzene rings is 1. The van der Waals surface area contributed by atoms with Crippen molar-refractivity contribution in [3.63, 3.8) is 0 Å². The SMILES string of the molecule is Cl.NCc1ccc(Cc2ccccc2)o1. The zero-order valence-electron chi connectivity index (χ0n) is 8.35. The molecule has 0 atom stereocenters. The molecule has 0 spiro atoms. The quantitative estimate of drug-likeness (QED) is 0.869. The van der Waals surface area contributed by atoms with E-state index in [2.05, 4.69) is 12.1 Å². The Hall–Kier alpha value is -1.25. The normalized spacial score (nSPS) is 9.67. The van der Waals surface area contributed by atoms with Gasteiger partial charge in [-0.15, -0.1) is 12.4 Å². The van der Waals surface area contributed by atoms with Gasteiger partial charge in [0.25, 0.3) is 0 Å². The van der Waals surface area contributed by atoms with Crippen molar-refractivity contribution in [1.82, 2.24) is 0 Å². The Balaban J connectivity index is 0.00000112. The molecule has 3 heteroatoms. The molecule has 2 aromatic rings. The van der Waals surface area contributed by atoms with Gasteiger partial charge in [0.1, 0.15) is 11.5 Å². The Morgan fingerprint density at radius 2 is 1.60 bits per heavy atom. The lowest BCUT2D eigenvalue weighted by Crippen LogP contribution is -1.93. The Kier molecular flexibility index (Phi) is 4.40. The molecule has 1 aromatic heterocycles. The molecule has 0 fully saturated rings. The van der Waals surface area contributed by atoms with Crippen LogP contribution in [-0.4, -0.2) is 0 Å². The summed E-state index contributed by atoms with van der Waals surface area (Å²) in [6.07, 6.45) is 0.834. The minimum atomic E-state index is 0. The number of nitrogens with two attached hydrogens (primary N) is 1. The van der Waals surface area contributed by atoms with Gasteiger partial charge >= 0.3 is 0 Å². The standard InChI is InChI=1S/C12H13NO.ClH/c13-9-12-7-6-11(14-12)8-10-4-2-1-3-5-10;/h1-7H,8-9,13H2;1H. The van der Waals surface area contributed by atoms with Gasteiger partial charge in [0, 0.05) is 6.42 Å². The van der Waals surface area contributed by atoms with E-state index in [9.17, 15) is 0 Å². The summed E-state index contributed by atoms with van der Waals surface area (Å²) in [6, 6.07) is 14.2. The predicted octanol–water partition coefficient (Wildman–Crippen LogP) is 2.75. The maximum Gasteiger partial charge on any atom is 0.117 e. The lowest BCUT2D eigenvalue weighted by atomic mass is 10.1. The molecule has 0 saturated heterocycles. The molecule has 0 radical (unpaired) electrons. The molecule has 2 rings (SSSR count). The molecule has 2 N–H and O–H groups in total. The summed E-state index contributed by atoms with van der Waals surface area (Å²) in [4.78, 5) is 0. The summed E-state index contributed by atoms with van der Waals surface area (Å²) in [5, 5.41) is 0. The van der Waals surface area contributed by atoms with Crippen LogP contribution in [0.1, 0.15) is 17.1 Å². The summed E-state index contributed by atoms with van der Waals surface area (Å²) in [5.41, 5.74) is 6.72. The van der Waals surface area contributed by atoms with Gasteiger partial charge in [0.15, 0.2) is 0 Å². The van der Waals surface area contributed by atoms with Gasteiger partial charge in [-0.05, 0) is 17.7 Å². The van der Waals surface area contributed by atoms with Crippen LogP contribution in [0.5, 0.6) is 0 Å². The van der Waals surface area contributed by atoms with Crippen LogP contribution < -0.4 is 5.73 Å². The highest BCUT2D eigenvalue weighted by molar-refractivity contribution is 5.85. The van der Waals surface area contributed by atoms with E-state index in [1.54, 1.807) is 0 Å². The third kappa shape index (κ3) is 3.11. The average molecular weight is 224 g/mol. The molecule has 2 nitrogen and oxygen atoms in total. The van der Waals surface area contributed by atoms with Gasteiger partial charge in [0.2, 0.25) is 0 Å². The Morgan fingerprint density at radius 3 is 2.20 bits per heavy atom. The van der Waals surface area contributed by atoms with Crippen LogP contribution in [0.4, 0.5) is 0 Å². The number of furan rings is 1. The molecule has 0 aliphatic carbocycles. The predicted molar refractivity (Wildman–Crippen MR) is 63.1 cm³/mol. The molecule has 0 bridgehead atoms. The zero-order chi connectivity index (χ0) is 9.80. The van der Waals surface area contributed by atoms with E-state index < -0.39 is 0 Å². The molecule has 0 aliphatic heterocycles. The first-order valence-corrected chi connectivity index (χ1v) is 4.70. The molecule has 0 unspecified atom stereocenters. The monoisotopic (exact) mass is 223 g/mol. The molecule has 0 amide bonds. The van der Waals surface area contributed by atoms with Crippen LogP contribution in [-0.2, 0) is 13.0 Å². The molecule has 1 aromatic carbocycles. The first-order valence-electron chi connectivity index (χ1n) is 4.70. The Labute approximate surface area is 95.5 Å². The lowest BCUT2D eigenvalue weighted by Gasteiger charge is -1.96. The molecule has 0 saturated carbocycles. The van der Waals surface area contributed by atoms with E-state index >= 15 is 0 Å². The fourth-order valence-electron chi connectivity index (χ4n) is 1.42. The fourth-order valence-corrected chi connectivity index (χ4v) is 1.42. The Morgan fingerprint density at radius 1 is 0.933 bits per heavy atom. The third-order valence-corrected chi connectivity index (χ3v) is 2.14. The van der Waals surface area contributed by atoms with Crippen molar-refractivity contribution in [3.05, 3.63) is 59.5 Å². The van der Waals surface area contributed by atoms with Gasteiger partial charge in [-0.25, -0.2) is 0 Å². The summed E-state index contributed by atoms with van der Waals surface area (Å²) in [5.74, 6) is 1.81. The van der Waals surface area contributed by atoms with Crippen molar-refractivity contribution >= 4 is 12.4 Å². The van der Waals surface area contributed by atoms with Crippen molar-refractivity contribution in [3.8, 4) is 0 Å². The lowest BCUT2D eigenvalue weighted by molar-refractivity contribution is 0.475. The topological polar surface area (TPSA) is 39.2 Å². The summed E-state index contributed by atoms with van der Waals surface area (Å²) in [7, 11) is 0. The van der Waals surface area contributed by atoms with Gasteiger partial charge < -0.3 is 10.2 Å².